The third kappa shape index (κ3) is 3.24. The average Bonchev–Trinajstić information content (AvgIpc) is 2.73. The highest BCUT2D eigenvalue weighted by atomic mass is 16.2. The molecule has 2 aromatic heterocycles. The summed E-state index contributed by atoms with van der Waals surface area (Å²) in [6, 6.07) is 15.4. The summed E-state index contributed by atoms with van der Waals surface area (Å²) >= 11 is 0. The Balaban J connectivity index is 1.68. The van der Waals surface area contributed by atoms with Gasteiger partial charge in [0.05, 0.1) is 6.04 Å². The molecule has 0 aliphatic carbocycles. The highest BCUT2D eigenvalue weighted by Crippen LogP contribution is 2.20. The maximum Gasteiger partial charge on any atom is 0.264 e. The molecule has 0 N–H and O–H groups in total. The quantitative estimate of drug-likeness (QED) is 0.707. The SMILES string of the molecule is Cc1ccn(C(C)c2ccccc2)c(=O)c1C(=O)N1CCc2ncccc2C1. The van der Waals surface area contributed by atoms with Crippen molar-refractivity contribution in [1.29, 1.82) is 0 Å². The zero-order valence-electron chi connectivity index (χ0n) is 16.1. The molecule has 1 atom stereocenters. The molecule has 5 heteroatoms. The number of benzene rings is 1. The summed E-state index contributed by atoms with van der Waals surface area (Å²) < 4.78 is 1.65. The molecular formula is C23H23N3O2. The Kier molecular flexibility index (Phi) is 4.82. The van der Waals surface area contributed by atoms with Gasteiger partial charge in [0.1, 0.15) is 5.56 Å². The number of hydrogen-bond acceptors (Lipinski definition) is 3. The highest BCUT2D eigenvalue weighted by molar-refractivity contribution is 5.95. The Morgan fingerprint density at radius 2 is 1.89 bits per heavy atom. The number of fused-ring (bicyclic) bond motifs is 1. The average molecular weight is 373 g/mol. The Hall–Kier alpha value is -3.21. The second-order valence-electron chi connectivity index (χ2n) is 7.26. The fourth-order valence-electron chi connectivity index (χ4n) is 3.80. The first-order chi connectivity index (χ1) is 13.6. The Labute approximate surface area is 164 Å². The van der Waals surface area contributed by atoms with Crippen LogP contribution in [0.4, 0.5) is 0 Å². The number of pyridine rings is 2. The third-order valence-electron chi connectivity index (χ3n) is 5.49. The van der Waals surface area contributed by atoms with Gasteiger partial charge in [-0.05, 0) is 42.7 Å². The van der Waals surface area contributed by atoms with E-state index in [-0.39, 0.29) is 23.1 Å². The van der Waals surface area contributed by atoms with E-state index in [1.54, 1.807) is 21.9 Å². The molecule has 3 aromatic rings. The van der Waals surface area contributed by atoms with E-state index in [1.165, 1.54) is 0 Å². The summed E-state index contributed by atoms with van der Waals surface area (Å²) in [5, 5.41) is 0. The molecule has 0 saturated carbocycles. The maximum absolute atomic E-state index is 13.3. The second kappa shape index (κ2) is 7.43. The van der Waals surface area contributed by atoms with E-state index < -0.39 is 0 Å². The standard InChI is InChI=1S/C23H23N3O2/c1-16-10-14-26(17(2)18-7-4-3-5-8-18)23(28)21(16)22(27)25-13-11-20-19(15-25)9-6-12-24-20/h3-10,12,14,17H,11,13,15H2,1-2H3. The van der Waals surface area contributed by atoms with Crippen LogP contribution in [0.15, 0.2) is 65.7 Å². The van der Waals surface area contributed by atoms with Gasteiger partial charge in [-0.25, -0.2) is 0 Å². The number of rotatable bonds is 3. The highest BCUT2D eigenvalue weighted by Gasteiger charge is 2.26. The van der Waals surface area contributed by atoms with Crippen molar-refractivity contribution in [1.82, 2.24) is 14.5 Å². The predicted octanol–water partition coefficient (Wildman–Crippen LogP) is 3.36. The molecule has 5 nitrogen and oxygen atoms in total. The lowest BCUT2D eigenvalue weighted by atomic mass is 10.0. The van der Waals surface area contributed by atoms with Crippen LogP contribution in [-0.4, -0.2) is 26.9 Å². The van der Waals surface area contributed by atoms with Gasteiger partial charge in [-0.1, -0.05) is 36.4 Å². The molecule has 3 heterocycles. The smallest absolute Gasteiger partial charge is 0.264 e. The lowest BCUT2D eigenvalue weighted by Crippen LogP contribution is -2.41. The zero-order valence-corrected chi connectivity index (χ0v) is 16.1. The van der Waals surface area contributed by atoms with Gasteiger partial charge in [-0.2, -0.15) is 0 Å². The fraction of sp³-hybridized carbons (Fsp3) is 0.261. The number of hydrogen-bond donors (Lipinski definition) is 0. The molecule has 28 heavy (non-hydrogen) atoms. The minimum atomic E-state index is -0.238. The molecule has 0 spiro atoms. The minimum absolute atomic E-state index is 0.146. The van der Waals surface area contributed by atoms with Crippen LogP contribution < -0.4 is 5.56 Å². The van der Waals surface area contributed by atoms with Gasteiger partial charge in [0.15, 0.2) is 0 Å². The predicted molar refractivity (Wildman–Crippen MR) is 108 cm³/mol. The first-order valence-electron chi connectivity index (χ1n) is 9.55. The molecule has 1 aromatic carbocycles. The minimum Gasteiger partial charge on any atom is -0.334 e. The van der Waals surface area contributed by atoms with Crippen LogP contribution in [0.3, 0.4) is 0 Å². The van der Waals surface area contributed by atoms with Crippen LogP contribution in [0.1, 0.15) is 45.7 Å². The molecule has 0 fully saturated rings. The zero-order chi connectivity index (χ0) is 19.7. The van der Waals surface area contributed by atoms with Gasteiger partial charge in [-0.3, -0.25) is 14.6 Å². The van der Waals surface area contributed by atoms with Crippen LogP contribution in [0, 0.1) is 6.92 Å². The fourth-order valence-corrected chi connectivity index (χ4v) is 3.80. The maximum atomic E-state index is 13.3. The molecular weight excluding hydrogens is 350 g/mol. The normalized spacial score (nSPS) is 14.4. The largest absolute Gasteiger partial charge is 0.334 e. The summed E-state index contributed by atoms with van der Waals surface area (Å²) in [4.78, 5) is 32.6. The summed E-state index contributed by atoms with van der Waals surface area (Å²) in [7, 11) is 0. The van der Waals surface area contributed by atoms with Gasteiger partial charge in [0.25, 0.3) is 11.5 Å². The van der Waals surface area contributed by atoms with Crippen LogP contribution in [0.25, 0.3) is 0 Å². The molecule has 0 radical (unpaired) electrons. The Bertz CT molecular complexity index is 1070. The van der Waals surface area contributed by atoms with Gasteiger partial charge in [0.2, 0.25) is 0 Å². The van der Waals surface area contributed by atoms with Crippen molar-refractivity contribution < 1.29 is 4.79 Å². The van der Waals surface area contributed by atoms with Gasteiger partial charge >= 0.3 is 0 Å². The first kappa shape index (κ1) is 18.2. The van der Waals surface area contributed by atoms with Crippen molar-refractivity contribution in [2.45, 2.75) is 32.9 Å². The molecule has 1 aliphatic heterocycles. The van der Waals surface area contributed by atoms with Gasteiger partial charge < -0.3 is 9.47 Å². The van der Waals surface area contributed by atoms with Crippen LogP contribution in [0.5, 0.6) is 0 Å². The van der Waals surface area contributed by atoms with Crippen molar-refractivity contribution >= 4 is 5.91 Å². The van der Waals surface area contributed by atoms with E-state index in [4.69, 9.17) is 0 Å². The van der Waals surface area contributed by atoms with Crippen LogP contribution >= 0.6 is 0 Å². The van der Waals surface area contributed by atoms with E-state index in [9.17, 15) is 9.59 Å². The molecule has 1 unspecified atom stereocenters. The number of aryl methyl sites for hydroxylation is 1. The lowest BCUT2D eigenvalue weighted by molar-refractivity contribution is 0.0730. The van der Waals surface area contributed by atoms with Crippen molar-refractivity contribution in [3.05, 3.63) is 99.2 Å². The van der Waals surface area contributed by atoms with E-state index in [0.29, 0.717) is 25.1 Å². The number of amides is 1. The number of carbonyl (C=O) groups excluding carboxylic acids is 1. The van der Waals surface area contributed by atoms with Crippen LogP contribution in [-0.2, 0) is 13.0 Å². The summed E-state index contributed by atoms with van der Waals surface area (Å²) in [5.41, 5.74) is 3.85. The summed E-state index contributed by atoms with van der Waals surface area (Å²) in [6.07, 6.45) is 4.27. The first-order valence-corrected chi connectivity index (χ1v) is 9.55. The number of nitrogens with zero attached hydrogens (tertiary/aromatic N) is 3. The Morgan fingerprint density at radius 1 is 1.11 bits per heavy atom. The monoisotopic (exact) mass is 373 g/mol. The molecule has 1 aliphatic rings. The summed E-state index contributed by atoms with van der Waals surface area (Å²) in [5.74, 6) is -0.202. The number of aromatic nitrogens is 2. The third-order valence-corrected chi connectivity index (χ3v) is 5.49. The van der Waals surface area contributed by atoms with Crippen molar-refractivity contribution in [2.24, 2.45) is 0 Å². The van der Waals surface area contributed by atoms with Crippen molar-refractivity contribution in [3.8, 4) is 0 Å². The van der Waals surface area contributed by atoms with E-state index in [2.05, 4.69) is 4.98 Å². The topological polar surface area (TPSA) is 55.2 Å². The Morgan fingerprint density at radius 3 is 2.68 bits per heavy atom. The van der Waals surface area contributed by atoms with Gasteiger partial charge in [-0.15, -0.1) is 0 Å². The van der Waals surface area contributed by atoms with Crippen LogP contribution in [0.2, 0.25) is 0 Å². The second-order valence-corrected chi connectivity index (χ2v) is 7.26. The van der Waals surface area contributed by atoms with Crippen molar-refractivity contribution in [3.63, 3.8) is 0 Å². The molecule has 1 amide bonds. The van der Waals surface area contributed by atoms with Crippen molar-refractivity contribution in [2.75, 3.05) is 6.54 Å². The number of carbonyl (C=O) groups is 1. The molecule has 4 rings (SSSR count). The molecule has 0 saturated heterocycles. The molecule has 0 bridgehead atoms. The molecule has 142 valence electrons. The van der Waals surface area contributed by atoms with E-state index in [0.717, 1.165) is 16.8 Å². The lowest BCUT2D eigenvalue weighted by Gasteiger charge is -2.29. The summed E-state index contributed by atoms with van der Waals surface area (Å²) in [6.45, 7) is 4.86. The van der Waals surface area contributed by atoms with Gasteiger partial charge in [0, 0.05) is 37.6 Å². The van der Waals surface area contributed by atoms with E-state index in [1.807, 2.05) is 62.4 Å². The van der Waals surface area contributed by atoms with E-state index >= 15 is 0 Å².